The van der Waals surface area contributed by atoms with Gasteiger partial charge >= 0.3 is 0 Å². The molecule has 0 saturated heterocycles. The largest absolute Gasteiger partial charge is 0.393 e. The maximum atomic E-state index is 5.21. The van der Waals surface area contributed by atoms with Crippen molar-refractivity contribution < 1.29 is 4.84 Å². The smallest absolute Gasteiger partial charge is 0.122 e. The van der Waals surface area contributed by atoms with Gasteiger partial charge in [0.1, 0.15) is 6.10 Å². The second-order valence-corrected chi connectivity index (χ2v) is 4.34. The van der Waals surface area contributed by atoms with E-state index in [4.69, 9.17) is 4.84 Å². The SMILES string of the molecule is CC(C)ON=Cc1ccccc1-c1ccccc1. The molecule has 92 valence electrons. The van der Waals surface area contributed by atoms with Gasteiger partial charge in [-0.15, -0.1) is 0 Å². The van der Waals surface area contributed by atoms with E-state index >= 15 is 0 Å². The van der Waals surface area contributed by atoms with Gasteiger partial charge in [0.25, 0.3) is 0 Å². The molecule has 0 aromatic heterocycles. The van der Waals surface area contributed by atoms with Gasteiger partial charge in [-0.05, 0) is 25.0 Å². The van der Waals surface area contributed by atoms with E-state index in [0.717, 1.165) is 11.1 Å². The highest BCUT2D eigenvalue weighted by molar-refractivity contribution is 5.90. The third-order valence-electron chi connectivity index (χ3n) is 2.51. The zero-order valence-corrected chi connectivity index (χ0v) is 10.7. The van der Waals surface area contributed by atoms with Gasteiger partial charge in [0, 0.05) is 5.56 Å². The van der Waals surface area contributed by atoms with Crippen molar-refractivity contribution in [1.82, 2.24) is 0 Å². The average molecular weight is 239 g/mol. The molecule has 0 fully saturated rings. The summed E-state index contributed by atoms with van der Waals surface area (Å²) in [7, 11) is 0. The quantitative estimate of drug-likeness (QED) is 0.581. The van der Waals surface area contributed by atoms with Crippen molar-refractivity contribution in [3.05, 3.63) is 60.2 Å². The molecule has 2 rings (SSSR count). The Morgan fingerprint density at radius 3 is 2.33 bits per heavy atom. The number of hydrogen-bond acceptors (Lipinski definition) is 2. The number of oxime groups is 1. The fraction of sp³-hybridized carbons (Fsp3) is 0.188. The minimum Gasteiger partial charge on any atom is -0.393 e. The molecule has 0 unspecified atom stereocenters. The number of hydrogen-bond donors (Lipinski definition) is 0. The minimum atomic E-state index is 0.102. The molecule has 0 aliphatic carbocycles. The molecule has 2 aromatic carbocycles. The van der Waals surface area contributed by atoms with Crippen LogP contribution in [0.1, 0.15) is 19.4 Å². The van der Waals surface area contributed by atoms with Gasteiger partial charge in [-0.3, -0.25) is 0 Å². The van der Waals surface area contributed by atoms with E-state index in [1.807, 2.05) is 50.2 Å². The van der Waals surface area contributed by atoms with Gasteiger partial charge < -0.3 is 4.84 Å². The maximum absolute atomic E-state index is 5.21. The highest BCUT2D eigenvalue weighted by Gasteiger charge is 2.01. The molecule has 2 heteroatoms. The van der Waals surface area contributed by atoms with E-state index in [1.54, 1.807) is 6.21 Å². The zero-order valence-electron chi connectivity index (χ0n) is 10.7. The van der Waals surface area contributed by atoms with Gasteiger partial charge in [0.05, 0.1) is 6.21 Å². The summed E-state index contributed by atoms with van der Waals surface area (Å²) in [5, 5.41) is 4.00. The number of nitrogens with zero attached hydrogens (tertiary/aromatic N) is 1. The molecule has 0 atom stereocenters. The highest BCUT2D eigenvalue weighted by atomic mass is 16.6. The third kappa shape index (κ3) is 3.20. The first kappa shape index (κ1) is 12.4. The van der Waals surface area contributed by atoms with Gasteiger partial charge in [0.2, 0.25) is 0 Å². The van der Waals surface area contributed by atoms with Crippen LogP contribution in [0.3, 0.4) is 0 Å². The monoisotopic (exact) mass is 239 g/mol. The van der Waals surface area contributed by atoms with E-state index in [1.165, 1.54) is 5.56 Å². The second-order valence-electron chi connectivity index (χ2n) is 4.34. The summed E-state index contributed by atoms with van der Waals surface area (Å²) < 4.78 is 0. The van der Waals surface area contributed by atoms with Gasteiger partial charge in [0.15, 0.2) is 0 Å². The molecule has 0 radical (unpaired) electrons. The standard InChI is InChI=1S/C16H17NO/c1-13(2)18-17-12-15-10-6-7-11-16(15)14-8-4-3-5-9-14/h3-13H,1-2H3. The Balaban J connectivity index is 2.29. The maximum Gasteiger partial charge on any atom is 0.122 e. The lowest BCUT2D eigenvalue weighted by Crippen LogP contribution is -1.96. The van der Waals surface area contributed by atoms with Crippen LogP contribution in [0.4, 0.5) is 0 Å². The van der Waals surface area contributed by atoms with Crippen LogP contribution in [0.15, 0.2) is 59.8 Å². The molecule has 18 heavy (non-hydrogen) atoms. The van der Waals surface area contributed by atoms with Crippen molar-refractivity contribution in [3.8, 4) is 11.1 Å². The van der Waals surface area contributed by atoms with Crippen LogP contribution >= 0.6 is 0 Å². The molecule has 0 saturated carbocycles. The van der Waals surface area contributed by atoms with Crippen molar-refractivity contribution in [2.45, 2.75) is 20.0 Å². The Labute approximate surface area is 108 Å². The predicted octanol–water partition coefficient (Wildman–Crippen LogP) is 4.11. The fourth-order valence-corrected chi connectivity index (χ4v) is 1.70. The molecule has 0 amide bonds. The van der Waals surface area contributed by atoms with E-state index in [9.17, 15) is 0 Å². The third-order valence-corrected chi connectivity index (χ3v) is 2.51. The first-order valence-corrected chi connectivity index (χ1v) is 6.11. The van der Waals surface area contributed by atoms with Crippen LogP contribution < -0.4 is 0 Å². The second kappa shape index (κ2) is 6.01. The van der Waals surface area contributed by atoms with Crippen LogP contribution in [0.2, 0.25) is 0 Å². The Kier molecular flexibility index (Phi) is 4.13. The first-order valence-electron chi connectivity index (χ1n) is 6.11. The first-order chi connectivity index (χ1) is 8.77. The predicted molar refractivity (Wildman–Crippen MR) is 75.7 cm³/mol. The zero-order chi connectivity index (χ0) is 12.8. The van der Waals surface area contributed by atoms with Crippen LogP contribution in [-0.4, -0.2) is 12.3 Å². The van der Waals surface area contributed by atoms with Crippen molar-refractivity contribution in [2.24, 2.45) is 5.16 Å². The summed E-state index contributed by atoms with van der Waals surface area (Å²) in [6.45, 7) is 3.92. The molecule has 0 spiro atoms. The summed E-state index contributed by atoms with van der Waals surface area (Å²) in [4.78, 5) is 5.21. The van der Waals surface area contributed by atoms with Crippen LogP contribution in [0, 0.1) is 0 Å². The Bertz CT molecular complexity index is 518. The average Bonchev–Trinajstić information content (AvgIpc) is 2.40. The molecule has 0 heterocycles. The fourth-order valence-electron chi connectivity index (χ4n) is 1.70. The molecular weight excluding hydrogens is 222 g/mol. The molecule has 0 aliphatic heterocycles. The van der Waals surface area contributed by atoms with Crippen molar-refractivity contribution >= 4 is 6.21 Å². The summed E-state index contributed by atoms with van der Waals surface area (Å²) >= 11 is 0. The van der Waals surface area contributed by atoms with Gasteiger partial charge in [-0.1, -0.05) is 59.8 Å². The van der Waals surface area contributed by atoms with E-state index in [2.05, 4.69) is 23.4 Å². The summed E-state index contributed by atoms with van der Waals surface area (Å²) in [6, 6.07) is 18.4. The van der Waals surface area contributed by atoms with Crippen LogP contribution in [0.25, 0.3) is 11.1 Å². The van der Waals surface area contributed by atoms with Gasteiger partial charge in [-0.2, -0.15) is 0 Å². The topological polar surface area (TPSA) is 21.6 Å². The van der Waals surface area contributed by atoms with E-state index < -0.39 is 0 Å². The van der Waals surface area contributed by atoms with Crippen molar-refractivity contribution in [3.63, 3.8) is 0 Å². The number of benzene rings is 2. The van der Waals surface area contributed by atoms with E-state index in [-0.39, 0.29) is 6.10 Å². The van der Waals surface area contributed by atoms with E-state index in [0.29, 0.717) is 0 Å². The van der Waals surface area contributed by atoms with Gasteiger partial charge in [-0.25, -0.2) is 0 Å². The molecule has 2 nitrogen and oxygen atoms in total. The van der Waals surface area contributed by atoms with Crippen LogP contribution in [0.5, 0.6) is 0 Å². The van der Waals surface area contributed by atoms with Crippen molar-refractivity contribution in [1.29, 1.82) is 0 Å². The van der Waals surface area contributed by atoms with Crippen LogP contribution in [-0.2, 0) is 4.84 Å². The Morgan fingerprint density at radius 2 is 1.61 bits per heavy atom. The lowest BCUT2D eigenvalue weighted by molar-refractivity contribution is 0.0874. The van der Waals surface area contributed by atoms with Crippen molar-refractivity contribution in [2.75, 3.05) is 0 Å². The normalized spacial score (nSPS) is 11.1. The lowest BCUT2D eigenvalue weighted by atomic mass is 10.0. The molecule has 2 aromatic rings. The summed E-state index contributed by atoms with van der Waals surface area (Å²) in [5.74, 6) is 0. The summed E-state index contributed by atoms with van der Waals surface area (Å²) in [6.07, 6.45) is 1.87. The molecule has 0 N–H and O–H groups in total. The summed E-state index contributed by atoms with van der Waals surface area (Å²) in [5.41, 5.74) is 3.41. The Hall–Kier alpha value is -2.09. The molecule has 0 bridgehead atoms. The highest BCUT2D eigenvalue weighted by Crippen LogP contribution is 2.22. The molecular formula is C16H17NO. The minimum absolute atomic E-state index is 0.102. The molecule has 0 aliphatic rings. The Morgan fingerprint density at radius 1 is 0.944 bits per heavy atom. The number of rotatable bonds is 4. The lowest BCUT2D eigenvalue weighted by Gasteiger charge is -2.06.